The van der Waals surface area contributed by atoms with Crippen molar-refractivity contribution < 1.29 is 9.90 Å². The third-order valence-electron chi connectivity index (χ3n) is 3.37. The maximum atomic E-state index is 10.9. The zero-order chi connectivity index (χ0) is 13.8. The van der Waals surface area contributed by atoms with Gasteiger partial charge in [-0.3, -0.25) is 0 Å². The molecule has 1 fully saturated rings. The Hall–Kier alpha value is -1.14. The normalized spacial score (nSPS) is 17.6. The van der Waals surface area contributed by atoms with Crippen LogP contribution in [0.4, 0.5) is 5.13 Å². The monoisotopic (exact) mass is 283 g/mol. The first-order chi connectivity index (χ1) is 9.06. The number of aryl methyl sites for hydroxylation is 1. The molecule has 2 N–H and O–H groups in total. The number of carboxylic acid groups (broad SMARTS) is 1. The molecule has 0 spiro atoms. The van der Waals surface area contributed by atoms with Crippen LogP contribution >= 0.6 is 11.3 Å². The van der Waals surface area contributed by atoms with Gasteiger partial charge >= 0.3 is 5.97 Å². The molecule has 1 saturated heterocycles. The van der Waals surface area contributed by atoms with E-state index in [4.69, 9.17) is 5.11 Å². The second-order valence-electron chi connectivity index (χ2n) is 5.22. The first-order valence-corrected chi connectivity index (χ1v) is 7.55. The Balaban J connectivity index is 1.81. The molecule has 6 heteroatoms. The van der Waals surface area contributed by atoms with Crippen molar-refractivity contribution in [2.24, 2.45) is 5.92 Å². The van der Waals surface area contributed by atoms with Crippen molar-refractivity contribution in [3.8, 4) is 0 Å². The molecule has 0 bridgehead atoms. The quantitative estimate of drug-likeness (QED) is 0.838. The molecule has 1 atom stereocenters. The number of rotatable bonds is 6. The third kappa shape index (κ3) is 3.91. The summed E-state index contributed by atoms with van der Waals surface area (Å²) in [7, 11) is 0. The van der Waals surface area contributed by atoms with Gasteiger partial charge in [-0.15, -0.1) is 11.3 Å². The number of thiazole rings is 1. The van der Waals surface area contributed by atoms with Crippen LogP contribution in [0.25, 0.3) is 0 Å². The summed E-state index contributed by atoms with van der Waals surface area (Å²) in [5, 5.41) is 12.9. The molecular weight excluding hydrogens is 262 g/mol. The van der Waals surface area contributed by atoms with Crippen molar-refractivity contribution in [1.82, 2.24) is 9.88 Å². The molecule has 1 aliphatic rings. The molecule has 2 heterocycles. The fourth-order valence-electron chi connectivity index (χ4n) is 2.40. The Morgan fingerprint density at radius 1 is 1.53 bits per heavy atom. The second kappa shape index (κ2) is 6.34. The molecule has 0 amide bonds. The number of carboxylic acids is 1. The van der Waals surface area contributed by atoms with E-state index in [1.807, 2.05) is 0 Å². The van der Waals surface area contributed by atoms with Gasteiger partial charge in [0.25, 0.3) is 0 Å². The van der Waals surface area contributed by atoms with E-state index in [0.29, 0.717) is 11.0 Å². The van der Waals surface area contributed by atoms with E-state index in [0.717, 1.165) is 18.0 Å². The Bertz CT molecular complexity index is 441. The van der Waals surface area contributed by atoms with E-state index < -0.39 is 5.97 Å². The second-order valence-corrected chi connectivity index (χ2v) is 6.43. The van der Waals surface area contributed by atoms with Gasteiger partial charge in [0.1, 0.15) is 0 Å². The van der Waals surface area contributed by atoms with Gasteiger partial charge in [-0.25, -0.2) is 9.78 Å². The van der Waals surface area contributed by atoms with Crippen LogP contribution in [-0.2, 0) is 0 Å². The fraction of sp³-hybridized carbons (Fsp3) is 0.692. The average Bonchev–Trinajstić information content (AvgIpc) is 2.96. The summed E-state index contributed by atoms with van der Waals surface area (Å²) < 4.78 is 0. The molecule has 0 aliphatic carbocycles. The molecule has 2 rings (SSSR count). The summed E-state index contributed by atoms with van der Waals surface area (Å²) in [4.78, 5) is 18.3. The van der Waals surface area contributed by atoms with Crippen LogP contribution < -0.4 is 5.32 Å². The molecular formula is C13H21N3O2S. The molecule has 0 aromatic carbocycles. The van der Waals surface area contributed by atoms with Gasteiger partial charge in [-0.1, -0.05) is 6.92 Å². The van der Waals surface area contributed by atoms with Gasteiger partial charge in [0.2, 0.25) is 0 Å². The highest BCUT2D eigenvalue weighted by Gasteiger charge is 2.16. The molecule has 0 radical (unpaired) electrons. The van der Waals surface area contributed by atoms with Crippen molar-refractivity contribution in [2.75, 3.05) is 31.5 Å². The van der Waals surface area contributed by atoms with Crippen molar-refractivity contribution in [3.63, 3.8) is 0 Å². The predicted octanol–water partition coefficient (Wildman–Crippen LogP) is 2.29. The Kier molecular flexibility index (Phi) is 4.76. The lowest BCUT2D eigenvalue weighted by Gasteiger charge is -2.20. The van der Waals surface area contributed by atoms with Crippen LogP contribution in [0.1, 0.15) is 35.1 Å². The predicted molar refractivity (Wildman–Crippen MR) is 77.1 cm³/mol. The zero-order valence-electron chi connectivity index (χ0n) is 11.5. The lowest BCUT2D eigenvalue weighted by molar-refractivity contribution is 0.0690. The van der Waals surface area contributed by atoms with E-state index >= 15 is 0 Å². The lowest BCUT2D eigenvalue weighted by Crippen LogP contribution is -2.28. The van der Waals surface area contributed by atoms with E-state index in [-0.39, 0.29) is 5.69 Å². The smallest absolute Gasteiger partial charge is 0.355 e. The van der Waals surface area contributed by atoms with Gasteiger partial charge in [-0.05, 0) is 38.8 Å². The van der Waals surface area contributed by atoms with Crippen LogP contribution in [0.3, 0.4) is 0 Å². The first kappa shape index (κ1) is 14.3. The summed E-state index contributed by atoms with van der Waals surface area (Å²) >= 11 is 1.41. The number of anilines is 1. The maximum Gasteiger partial charge on any atom is 0.355 e. The van der Waals surface area contributed by atoms with Gasteiger partial charge in [0, 0.05) is 18.0 Å². The van der Waals surface area contributed by atoms with E-state index in [9.17, 15) is 4.79 Å². The third-order valence-corrected chi connectivity index (χ3v) is 4.30. The van der Waals surface area contributed by atoms with Crippen molar-refractivity contribution in [1.29, 1.82) is 0 Å². The maximum absolute atomic E-state index is 10.9. The van der Waals surface area contributed by atoms with Gasteiger partial charge < -0.3 is 15.3 Å². The fourth-order valence-corrected chi connectivity index (χ4v) is 3.21. The number of aromatic nitrogens is 1. The molecule has 1 aliphatic heterocycles. The molecule has 106 valence electrons. The number of nitrogens with zero attached hydrogens (tertiary/aromatic N) is 2. The molecule has 0 saturated carbocycles. The minimum Gasteiger partial charge on any atom is -0.476 e. The number of hydrogen-bond donors (Lipinski definition) is 2. The molecule has 1 aromatic rings. The number of likely N-dealkylation sites (tertiary alicyclic amines) is 1. The minimum absolute atomic E-state index is 0.166. The van der Waals surface area contributed by atoms with Crippen LogP contribution in [-0.4, -0.2) is 47.1 Å². The van der Waals surface area contributed by atoms with Gasteiger partial charge in [0.15, 0.2) is 10.8 Å². The largest absolute Gasteiger partial charge is 0.476 e. The van der Waals surface area contributed by atoms with Crippen LogP contribution in [0, 0.1) is 12.8 Å². The van der Waals surface area contributed by atoms with Gasteiger partial charge in [0.05, 0.1) is 0 Å². The SMILES string of the molecule is Cc1sc(NCC(C)CN2CCCC2)nc1C(=O)O. The van der Waals surface area contributed by atoms with E-state index in [2.05, 4.69) is 22.1 Å². The van der Waals surface area contributed by atoms with Gasteiger partial charge in [-0.2, -0.15) is 0 Å². The molecule has 1 aromatic heterocycles. The highest BCUT2D eigenvalue weighted by Crippen LogP contribution is 2.22. The molecule has 19 heavy (non-hydrogen) atoms. The average molecular weight is 283 g/mol. The molecule has 5 nitrogen and oxygen atoms in total. The van der Waals surface area contributed by atoms with Crippen molar-refractivity contribution >= 4 is 22.4 Å². The number of hydrogen-bond acceptors (Lipinski definition) is 5. The summed E-state index contributed by atoms with van der Waals surface area (Å²) in [5.41, 5.74) is 0.166. The first-order valence-electron chi connectivity index (χ1n) is 6.73. The summed E-state index contributed by atoms with van der Waals surface area (Å²) in [6, 6.07) is 0. The Morgan fingerprint density at radius 3 is 2.79 bits per heavy atom. The van der Waals surface area contributed by atoms with Crippen LogP contribution in [0.5, 0.6) is 0 Å². The van der Waals surface area contributed by atoms with Crippen molar-refractivity contribution in [2.45, 2.75) is 26.7 Å². The van der Waals surface area contributed by atoms with Crippen molar-refractivity contribution in [3.05, 3.63) is 10.6 Å². The van der Waals surface area contributed by atoms with Crippen LogP contribution in [0.15, 0.2) is 0 Å². The standard InChI is InChI=1S/C13H21N3O2S/c1-9(8-16-5-3-4-6-16)7-14-13-15-11(12(17)18)10(2)19-13/h9H,3-8H2,1-2H3,(H,14,15)(H,17,18). The number of nitrogens with one attached hydrogen (secondary N) is 1. The number of carbonyl (C=O) groups is 1. The topological polar surface area (TPSA) is 65.5 Å². The molecule has 1 unspecified atom stereocenters. The van der Waals surface area contributed by atoms with Crippen LogP contribution in [0.2, 0.25) is 0 Å². The lowest BCUT2D eigenvalue weighted by atomic mass is 10.2. The highest BCUT2D eigenvalue weighted by atomic mass is 32.1. The Morgan fingerprint density at radius 2 is 2.21 bits per heavy atom. The summed E-state index contributed by atoms with van der Waals surface area (Å²) in [5.74, 6) is -0.414. The van der Waals surface area contributed by atoms with E-state index in [1.165, 1.54) is 37.3 Å². The highest BCUT2D eigenvalue weighted by molar-refractivity contribution is 7.15. The van der Waals surface area contributed by atoms with E-state index in [1.54, 1.807) is 6.92 Å². The summed E-state index contributed by atoms with van der Waals surface area (Å²) in [6.45, 7) is 8.36. The number of aromatic carboxylic acids is 1. The zero-order valence-corrected chi connectivity index (χ0v) is 12.3. The Labute approximate surface area is 117 Å². The summed E-state index contributed by atoms with van der Waals surface area (Å²) in [6.07, 6.45) is 2.63. The minimum atomic E-state index is -0.952.